The van der Waals surface area contributed by atoms with Crippen LogP contribution in [0.2, 0.25) is 0 Å². The minimum atomic E-state index is 0.657. The number of rotatable bonds is 21. The Morgan fingerprint density at radius 2 is 1.34 bits per heavy atom. The van der Waals surface area contributed by atoms with E-state index < -0.39 is 0 Å². The fraction of sp³-hybridized carbons (Fsp3) is 0.744. The highest BCUT2D eigenvalue weighted by Gasteiger charge is 2.26. The lowest BCUT2D eigenvalue weighted by Gasteiger charge is -2.25. The fourth-order valence-electron chi connectivity index (χ4n) is 7.38. The van der Waals surface area contributed by atoms with Gasteiger partial charge in [0.25, 0.3) is 0 Å². The van der Waals surface area contributed by atoms with E-state index in [0.717, 1.165) is 56.1 Å². The average molecular weight is 567 g/mol. The predicted octanol–water partition coefficient (Wildman–Crippen LogP) is 11.0. The Morgan fingerprint density at radius 3 is 2.00 bits per heavy atom. The van der Waals surface area contributed by atoms with Crippen LogP contribution in [0.25, 0.3) is 0 Å². The van der Waals surface area contributed by atoms with Gasteiger partial charge in [-0.3, -0.25) is 0 Å². The lowest BCUT2D eigenvalue weighted by molar-refractivity contribution is 0.156. The zero-order chi connectivity index (χ0) is 29.7. The largest absolute Gasteiger partial charge is 0.377 e. The van der Waals surface area contributed by atoms with Gasteiger partial charge in [-0.15, -0.1) is 13.2 Å². The number of hydrogen-bond donors (Lipinski definition) is 0. The molecule has 1 fully saturated rings. The van der Waals surface area contributed by atoms with Crippen LogP contribution in [-0.4, -0.2) is 26.4 Å². The summed E-state index contributed by atoms with van der Waals surface area (Å²) in [6.45, 7) is 20.0. The zero-order valence-electron chi connectivity index (χ0n) is 27.7. The molecule has 0 aliphatic heterocycles. The first-order valence-electron chi connectivity index (χ1n) is 17.5. The molecule has 0 radical (unpaired) electrons. The van der Waals surface area contributed by atoms with Crippen molar-refractivity contribution in [2.24, 2.45) is 23.7 Å². The Morgan fingerprint density at radius 1 is 0.683 bits per heavy atom. The topological polar surface area (TPSA) is 18.5 Å². The van der Waals surface area contributed by atoms with Crippen molar-refractivity contribution in [1.29, 1.82) is 0 Å². The van der Waals surface area contributed by atoms with Crippen LogP contribution >= 0.6 is 0 Å². The Bertz CT molecular complexity index is 827. The van der Waals surface area contributed by atoms with Gasteiger partial charge in [0.2, 0.25) is 0 Å². The van der Waals surface area contributed by atoms with Crippen molar-refractivity contribution in [3.05, 3.63) is 59.7 Å². The minimum Gasteiger partial charge on any atom is -0.377 e. The smallest absolute Gasteiger partial charge is 0.0644 e. The highest BCUT2D eigenvalue weighted by Crippen LogP contribution is 2.38. The van der Waals surface area contributed by atoms with Gasteiger partial charge in [0.1, 0.15) is 0 Å². The summed E-state index contributed by atoms with van der Waals surface area (Å²) in [5, 5.41) is 0. The van der Waals surface area contributed by atoms with Crippen molar-refractivity contribution in [3.63, 3.8) is 0 Å². The molecule has 41 heavy (non-hydrogen) atoms. The van der Waals surface area contributed by atoms with E-state index in [4.69, 9.17) is 9.47 Å². The quantitative estimate of drug-likeness (QED) is 0.109. The molecule has 0 bridgehead atoms. The van der Waals surface area contributed by atoms with Crippen LogP contribution in [0.4, 0.5) is 0 Å². The lowest BCUT2D eigenvalue weighted by Crippen LogP contribution is -2.13. The van der Waals surface area contributed by atoms with Crippen molar-refractivity contribution < 1.29 is 9.47 Å². The van der Waals surface area contributed by atoms with Gasteiger partial charge in [-0.2, -0.15) is 0 Å². The second kappa shape index (κ2) is 22.2. The highest BCUT2D eigenvalue weighted by molar-refractivity contribution is 5.38. The van der Waals surface area contributed by atoms with Gasteiger partial charge in [0.05, 0.1) is 13.2 Å². The van der Waals surface area contributed by atoms with Crippen molar-refractivity contribution >= 4 is 0 Å². The average Bonchev–Trinajstić information content (AvgIpc) is 3.05. The Hall–Kier alpha value is -1.38. The van der Waals surface area contributed by atoms with E-state index in [9.17, 15) is 0 Å². The molecule has 1 aromatic carbocycles. The second-order valence-corrected chi connectivity index (χ2v) is 13.1. The summed E-state index contributed by atoms with van der Waals surface area (Å²) in [6, 6.07) is 5.05. The molecule has 0 heterocycles. The SMILES string of the molecule is C=CCOCCCCCC1CCC(CCc2cc(CCCOCC=C)c(C)cc2CC)CC(CC)CC(CCC)C1. The normalized spacial score (nSPS) is 21.7. The highest BCUT2D eigenvalue weighted by atomic mass is 16.5. The summed E-state index contributed by atoms with van der Waals surface area (Å²) in [7, 11) is 0. The summed E-state index contributed by atoms with van der Waals surface area (Å²) in [5.74, 6) is 3.63. The molecule has 2 heteroatoms. The molecule has 0 aromatic heterocycles. The molecule has 0 spiro atoms. The number of unbranched alkanes of at least 4 members (excludes halogenated alkanes) is 2. The third kappa shape index (κ3) is 14.6. The number of benzene rings is 1. The maximum atomic E-state index is 5.65. The van der Waals surface area contributed by atoms with Crippen LogP contribution in [0.5, 0.6) is 0 Å². The van der Waals surface area contributed by atoms with Gasteiger partial charge in [0, 0.05) is 13.2 Å². The Labute approximate surface area is 255 Å². The minimum absolute atomic E-state index is 0.657. The molecule has 4 unspecified atom stereocenters. The molecule has 234 valence electrons. The monoisotopic (exact) mass is 567 g/mol. The van der Waals surface area contributed by atoms with E-state index in [1.165, 1.54) is 101 Å². The standard InChI is InChI=1S/C39H66O2/c1-7-16-36-29-33(10-4)28-35(20-19-34(30-36)17-13-12-14-25-40-23-8-2)21-22-39-31-38(18-15-26-41-24-9-3)32(6)27-37(39)11-5/h8-9,27,31,33-36H,2-3,7,10-26,28-30H2,1,4-6H3. The van der Waals surface area contributed by atoms with Crippen LogP contribution in [0.15, 0.2) is 37.4 Å². The predicted molar refractivity (Wildman–Crippen MR) is 180 cm³/mol. The van der Waals surface area contributed by atoms with E-state index in [1.54, 1.807) is 11.1 Å². The molecule has 0 amide bonds. The molecule has 4 atom stereocenters. The first-order chi connectivity index (χ1) is 20.0. The molecule has 1 aliphatic rings. The molecule has 0 saturated heterocycles. The summed E-state index contributed by atoms with van der Waals surface area (Å²) < 4.78 is 11.3. The molecule has 1 saturated carbocycles. The van der Waals surface area contributed by atoms with E-state index >= 15 is 0 Å². The van der Waals surface area contributed by atoms with E-state index in [1.807, 2.05) is 12.2 Å². The molecule has 2 rings (SSSR count). The van der Waals surface area contributed by atoms with Gasteiger partial charge >= 0.3 is 0 Å². The van der Waals surface area contributed by atoms with Crippen molar-refractivity contribution in [1.82, 2.24) is 0 Å². The van der Waals surface area contributed by atoms with Crippen molar-refractivity contribution in [3.8, 4) is 0 Å². The zero-order valence-corrected chi connectivity index (χ0v) is 27.7. The fourth-order valence-corrected chi connectivity index (χ4v) is 7.38. The van der Waals surface area contributed by atoms with Crippen molar-refractivity contribution in [2.75, 3.05) is 26.4 Å². The number of ether oxygens (including phenoxy) is 2. The Balaban J connectivity index is 2.03. The van der Waals surface area contributed by atoms with E-state index in [2.05, 4.69) is 53.0 Å². The molecule has 1 aromatic rings. The summed E-state index contributed by atoms with van der Waals surface area (Å²) in [6.07, 6.45) is 26.3. The Kier molecular flexibility index (Phi) is 19.4. The van der Waals surface area contributed by atoms with Crippen LogP contribution in [-0.2, 0) is 28.7 Å². The number of hydrogen-bond acceptors (Lipinski definition) is 2. The van der Waals surface area contributed by atoms with Crippen LogP contribution in [0, 0.1) is 30.6 Å². The van der Waals surface area contributed by atoms with Gasteiger partial charge in [0.15, 0.2) is 0 Å². The molecule has 1 aliphatic carbocycles. The molecule has 0 N–H and O–H groups in total. The van der Waals surface area contributed by atoms with E-state index in [-0.39, 0.29) is 0 Å². The summed E-state index contributed by atoms with van der Waals surface area (Å²) in [4.78, 5) is 0. The first kappa shape index (κ1) is 35.8. The summed E-state index contributed by atoms with van der Waals surface area (Å²) in [5.41, 5.74) is 6.17. The van der Waals surface area contributed by atoms with Crippen LogP contribution in [0.1, 0.15) is 133 Å². The summed E-state index contributed by atoms with van der Waals surface area (Å²) >= 11 is 0. The third-order valence-electron chi connectivity index (χ3n) is 9.73. The van der Waals surface area contributed by atoms with Gasteiger partial charge < -0.3 is 9.47 Å². The maximum absolute atomic E-state index is 5.65. The van der Waals surface area contributed by atoms with Crippen LogP contribution < -0.4 is 0 Å². The third-order valence-corrected chi connectivity index (χ3v) is 9.73. The first-order valence-corrected chi connectivity index (χ1v) is 17.5. The number of aryl methyl sites for hydroxylation is 4. The van der Waals surface area contributed by atoms with Crippen LogP contribution in [0.3, 0.4) is 0 Å². The molecular formula is C39H66O2. The molecule has 2 nitrogen and oxygen atoms in total. The molecular weight excluding hydrogens is 500 g/mol. The van der Waals surface area contributed by atoms with Crippen molar-refractivity contribution in [2.45, 2.75) is 137 Å². The lowest BCUT2D eigenvalue weighted by atomic mass is 9.80. The maximum Gasteiger partial charge on any atom is 0.0644 e. The second-order valence-electron chi connectivity index (χ2n) is 13.1. The van der Waals surface area contributed by atoms with Gasteiger partial charge in [-0.05, 0) is 111 Å². The van der Waals surface area contributed by atoms with Gasteiger partial charge in [-0.25, -0.2) is 0 Å². The van der Waals surface area contributed by atoms with Gasteiger partial charge in [-0.1, -0.05) is 96.4 Å². The van der Waals surface area contributed by atoms with E-state index in [0.29, 0.717) is 13.2 Å².